The highest BCUT2D eigenvalue weighted by atomic mass is 32.2. The van der Waals surface area contributed by atoms with Gasteiger partial charge in [0, 0.05) is 27.2 Å². The second kappa shape index (κ2) is 12.4. The van der Waals surface area contributed by atoms with E-state index in [2.05, 4.69) is 45.4 Å². The van der Waals surface area contributed by atoms with Crippen LogP contribution in [-0.2, 0) is 35.3 Å². The van der Waals surface area contributed by atoms with Gasteiger partial charge in [-0.25, -0.2) is 4.79 Å². The first-order chi connectivity index (χ1) is 17.4. The van der Waals surface area contributed by atoms with Crippen LogP contribution in [0.3, 0.4) is 0 Å². The zero-order valence-electron chi connectivity index (χ0n) is 21.4. The third kappa shape index (κ3) is 6.20. The monoisotopic (exact) mass is 546 g/mol. The predicted octanol–water partition coefficient (Wildman–Crippen LogP) is 6.61. The van der Waals surface area contributed by atoms with E-state index in [1.54, 1.807) is 11.3 Å². The standard InChI is InChI=1S/C26H34N4O3S3/c1-5-9-18-13-17(14-34-18)23-28-29-26(30(23)12-6-2)35-15-21(31)27-24-22(25(32)33-16(3)4)19-10-7-8-11-20(19)36-24/h13-14,16H,5-12,15H2,1-4H3,(H,27,31). The van der Waals surface area contributed by atoms with Gasteiger partial charge in [0.05, 0.1) is 17.4 Å². The SMILES string of the molecule is CCCc1cc(-c2nnc(SCC(=O)Nc3sc4c(c3C(=O)OC(C)C)CCCC4)n2CCC)cs1. The van der Waals surface area contributed by atoms with Crippen LogP contribution in [0.25, 0.3) is 11.4 Å². The number of thiophene rings is 2. The zero-order valence-corrected chi connectivity index (χ0v) is 23.8. The summed E-state index contributed by atoms with van der Waals surface area (Å²) in [5, 5.41) is 15.3. The summed E-state index contributed by atoms with van der Waals surface area (Å²) < 4.78 is 7.61. The molecule has 0 fully saturated rings. The molecule has 4 rings (SSSR count). The number of carbonyl (C=O) groups excluding carboxylic acids is 2. The van der Waals surface area contributed by atoms with Gasteiger partial charge in [-0.2, -0.15) is 0 Å². The molecule has 1 N–H and O–H groups in total. The number of hydrogen-bond acceptors (Lipinski definition) is 8. The number of nitrogens with one attached hydrogen (secondary N) is 1. The molecule has 0 spiro atoms. The summed E-state index contributed by atoms with van der Waals surface area (Å²) in [6.45, 7) is 8.77. The lowest BCUT2D eigenvalue weighted by molar-refractivity contribution is -0.113. The Morgan fingerprint density at radius 3 is 2.75 bits per heavy atom. The van der Waals surface area contributed by atoms with Crippen molar-refractivity contribution in [3.63, 3.8) is 0 Å². The number of rotatable bonds is 11. The van der Waals surface area contributed by atoms with Gasteiger partial charge in [-0.1, -0.05) is 32.0 Å². The minimum Gasteiger partial charge on any atom is -0.459 e. The molecule has 3 aromatic rings. The first-order valence-electron chi connectivity index (χ1n) is 12.7. The summed E-state index contributed by atoms with van der Waals surface area (Å²) in [6, 6.07) is 2.20. The van der Waals surface area contributed by atoms with Gasteiger partial charge in [0.15, 0.2) is 11.0 Å². The molecule has 7 nitrogen and oxygen atoms in total. The number of ether oxygens (including phenoxy) is 1. The highest BCUT2D eigenvalue weighted by Gasteiger charge is 2.28. The van der Waals surface area contributed by atoms with Gasteiger partial charge in [-0.05, 0) is 64.0 Å². The molecule has 1 aliphatic carbocycles. The van der Waals surface area contributed by atoms with E-state index in [0.29, 0.717) is 10.6 Å². The molecule has 194 valence electrons. The third-order valence-electron chi connectivity index (χ3n) is 5.88. The number of carbonyl (C=O) groups is 2. The Kier molecular flexibility index (Phi) is 9.25. The molecule has 10 heteroatoms. The van der Waals surface area contributed by atoms with Crippen molar-refractivity contribution in [3.8, 4) is 11.4 Å². The lowest BCUT2D eigenvalue weighted by atomic mass is 9.95. The molecule has 0 aromatic carbocycles. The van der Waals surface area contributed by atoms with Crippen LogP contribution in [0, 0.1) is 0 Å². The maximum absolute atomic E-state index is 13.0. The van der Waals surface area contributed by atoms with Crippen molar-refractivity contribution in [3.05, 3.63) is 32.3 Å². The Morgan fingerprint density at radius 1 is 1.19 bits per heavy atom. The Morgan fingerprint density at radius 2 is 2.00 bits per heavy atom. The summed E-state index contributed by atoms with van der Waals surface area (Å²) in [6.07, 6.45) is 6.86. The highest BCUT2D eigenvalue weighted by molar-refractivity contribution is 7.99. The number of anilines is 1. The molecule has 0 atom stereocenters. The second-order valence-electron chi connectivity index (χ2n) is 9.22. The van der Waals surface area contributed by atoms with Crippen molar-refractivity contribution >= 4 is 51.3 Å². The fourth-order valence-corrected chi connectivity index (χ4v) is 7.37. The van der Waals surface area contributed by atoms with Gasteiger partial charge in [0.2, 0.25) is 5.91 Å². The number of thioether (sulfide) groups is 1. The molecule has 0 saturated heterocycles. The topological polar surface area (TPSA) is 86.1 Å². The van der Waals surface area contributed by atoms with Gasteiger partial charge in [0.1, 0.15) is 5.00 Å². The Balaban J connectivity index is 1.48. The van der Waals surface area contributed by atoms with Crippen LogP contribution in [0.5, 0.6) is 0 Å². The van der Waals surface area contributed by atoms with E-state index in [1.807, 2.05) is 13.8 Å². The van der Waals surface area contributed by atoms with Crippen molar-refractivity contribution in [1.82, 2.24) is 14.8 Å². The summed E-state index contributed by atoms with van der Waals surface area (Å²) in [5.41, 5.74) is 2.67. The van der Waals surface area contributed by atoms with Crippen molar-refractivity contribution in [1.29, 1.82) is 0 Å². The van der Waals surface area contributed by atoms with Crippen LogP contribution in [0.4, 0.5) is 5.00 Å². The molecule has 3 heterocycles. The maximum atomic E-state index is 13.0. The predicted molar refractivity (Wildman–Crippen MR) is 148 cm³/mol. The Bertz CT molecular complexity index is 1210. The fourth-order valence-electron chi connectivity index (χ4n) is 4.35. The van der Waals surface area contributed by atoms with Crippen LogP contribution in [0.1, 0.15) is 79.1 Å². The summed E-state index contributed by atoms with van der Waals surface area (Å²) in [4.78, 5) is 28.4. The normalized spacial score (nSPS) is 13.1. The second-order valence-corrected chi connectivity index (χ2v) is 12.3. The quantitative estimate of drug-likeness (QED) is 0.215. The lowest BCUT2D eigenvalue weighted by Gasteiger charge is -2.14. The van der Waals surface area contributed by atoms with E-state index in [1.165, 1.54) is 32.9 Å². The van der Waals surface area contributed by atoms with Crippen LogP contribution in [0.15, 0.2) is 16.6 Å². The number of fused-ring (bicyclic) bond motifs is 1. The zero-order chi connectivity index (χ0) is 25.7. The number of hydrogen-bond donors (Lipinski definition) is 1. The van der Waals surface area contributed by atoms with Crippen molar-refractivity contribution in [2.24, 2.45) is 0 Å². The minimum absolute atomic E-state index is 0.162. The molecular weight excluding hydrogens is 513 g/mol. The fraction of sp³-hybridized carbons (Fsp3) is 0.538. The van der Waals surface area contributed by atoms with Gasteiger partial charge in [-0.15, -0.1) is 32.9 Å². The Hall–Kier alpha value is -2.17. The average molecular weight is 547 g/mol. The van der Waals surface area contributed by atoms with E-state index in [4.69, 9.17) is 4.74 Å². The first-order valence-corrected chi connectivity index (χ1v) is 15.4. The molecule has 3 aromatic heterocycles. The molecule has 0 aliphatic heterocycles. The molecule has 0 radical (unpaired) electrons. The summed E-state index contributed by atoms with van der Waals surface area (Å²) in [7, 11) is 0. The number of aryl methyl sites for hydroxylation is 2. The van der Waals surface area contributed by atoms with Crippen molar-refractivity contribution in [2.75, 3.05) is 11.1 Å². The Labute approximate surface area is 225 Å². The van der Waals surface area contributed by atoms with E-state index in [0.717, 1.165) is 73.6 Å². The number of nitrogens with zero attached hydrogens (tertiary/aromatic N) is 3. The number of amides is 1. The van der Waals surface area contributed by atoms with Gasteiger partial charge in [-0.3, -0.25) is 4.79 Å². The summed E-state index contributed by atoms with van der Waals surface area (Å²) in [5.74, 6) is 0.528. The van der Waals surface area contributed by atoms with E-state index in [9.17, 15) is 9.59 Å². The highest BCUT2D eigenvalue weighted by Crippen LogP contribution is 2.39. The van der Waals surface area contributed by atoms with Crippen LogP contribution >= 0.6 is 34.4 Å². The molecule has 0 saturated carbocycles. The van der Waals surface area contributed by atoms with Crippen LogP contribution in [0.2, 0.25) is 0 Å². The van der Waals surface area contributed by atoms with Gasteiger partial charge >= 0.3 is 5.97 Å². The van der Waals surface area contributed by atoms with Crippen molar-refractivity contribution < 1.29 is 14.3 Å². The molecule has 36 heavy (non-hydrogen) atoms. The first kappa shape index (κ1) is 26.9. The minimum atomic E-state index is -0.349. The van der Waals surface area contributed by atoms with Crippen LogP contribution in [-0.4, -0.2) is 38.5 Å². The largest absolute Gasteiger partial charge is 0.459 e. The van der Waals surface area contributed by atoms with E-state index in [-0.39, 0.29) is 23.7 Å². The van der Waals surface area contributed by atoms with Gasteiger partial charge in [0.25, 0.3) is 0 Å². The summed E-state index contributed by atoms with van der Waals surface area (Å²) >= 11 is 4.64. The number of aromatic nitrogens is 3. The van der Waals surface area contributed by atoms with E-state index >= 15 is 0 Å². The molecule has 1 aliphatic rings. The van der Waals surface area contributed by atoms with Crippen molar-refractivity contribution in [2.45, 2.75) is 90.4 Å². The van der Waals surface area contributed by atoms with Gasteiger partial charge < -0.3 is 14.6 Å². The number of esters is 1. The lowest BCUT2D eigenvalue weighted by Crippen LogP contribution is -2.19. The molecule has 0 bridgehead atoms. The smallest absolute Gasteiger partial charge is 0.341 e. The molecule has 0 unspecified atom stereocenters. The average Bonchev–Trinajstić information content (AvgIpc) is 3.54. The third-order valence-corrected chi connectivity index (χ3v) is 9.05. The molecular formula is C26H34N4O3S3. The maximum Gasteiger partial charge on any atom is 0.341 e. The molecule has 1 amide bonds. The van der Waals surface area contributed by atoms with E-state index < -0.39 is 0 Å². The van der Waals surface area contributed by atoms with Crippen LogP contribution < -0.4 is 5.32 Å².